The lowest BCUT2D eigenvalue weighted by atomic mass is 9.92. The Morgan fingerprint density at radius 3 is 2.21 bits per heavy atom. The van der Waals surface area contributed by atoms with Gasteiger partial charge in [-0.3, -0.25) is 9.59 Å². The highest BCUT2D eigenvalue weighted by molar-refractivity contribution is 6.07. The van der Waals surface area contributed by atoms with Crippen molar-refractivity contribution in [1.29, 1.82) is 0 Å². The quantitative estimate of drug-likeness (QED) is 0.803. The van der Waals surface area contributed by atoms with Crippen LogP contribution in [0.2, 0.25) is 0 Å². The largest absolute Gasteiger partial charge is 0.480 e. The lowest BCUT2D eigenvalue weighted by Crippen LogP contribution is -2.37. The maximum absolute atomic E-state index is 11.9. The predicted molar refractivity (Wildman–Crippen MR) is 75.2 cm³/mol. The van der Waals surface area contributed by atoms with Gasteiger partial charge in [-0.15, -0.1) is 0 Å². The van der Waals surface area contributed by atoms with Gasteiger partial charge in [-0.1, -0.05) is 19.9 Å². The molecule has 0 spiro atoms. The molecule has 19 heavy (non-hydrogen) atoms. The van der Waals surface area contributed by atoms with E-state index in [1.165, 1.54) is 25.0 Å². The molecule has 0 aromatic heterocycles. The number of aryl methyl sites for hydroxylation is 2. The maximum Gasteiger partial charge on any atom is 0.318 e. The van der Waals surface area contributed by atoms with Gasteiger partial charge in [0, 0.05) is 5.69 Å². The molecule has 0 atom stereocenters. The molecule has 0 aliphatic carbocycles. The Morgan fingerprint density at radius 2 is 1.74 bits per heavy atom. The van der Waals surface area contributed by atoms with Crippen molar-refractivity contribution in [2.75, 3.05) is 5.32 Å². The van der Waals surface area contributed by atoms with E-state index in [9.17, 15) is 9.59 Å². The van der Waals surface area contributed by atoms with Crippen molar-refractivity contribution in [2.45, 2.75) is 40.5 Å². The summed E-state index contributed by atoms with van der Waals surface area (Å²) in [5.74, 6) is -1.64. The fourth-order valence-electron chi connectivity index (χ4n) is 1.76. The van der Waals surface area contributed by atoms with Crippen LogP contribution in [0.4, 0.5) is 5.69 Å². The molecule has 1 aromatic rings. The summed E-state index contributed by atoms with van der Waals surface area (Å²) >= 11 is 0. The number of carbonyl (C=O) groups excluding carboxylic acids is 1. The van der Waals surface area contributed by atoms with E-state index < -0.39 is 17.3 Å². The first-order valence-electron chi connectivity index (χ1n) is 6.49. The van der Waals surface area contributed by atoms with Crippen LogP contribution >= 0.6 is 0 Å². The molecular formula is C15H21NO3. The van der Waals surface area contributed by atoms with E-state index in [2.05, 4.69) is 19.2 Å². The zero-order valence-electron chi connectivity index (χ0n) is 11.9. The van der Waals surface area contributed by atoms with Crippen molar-refractivity contribution < 1.29 is 14.7 Å². The smallest absolute Gasteiger partial charge is 0.318 e. The summed E-state index contributed by atoms with van der Waals surface area (Å²) in [5.41, 5.74) is 1.63. The summed E-state index contributed by atoms with van der Waals surface area (Å²) in [6.07, 6.45) is 1.83. The molecule has 1 aromatic carbocycles. The average Bonchev–Trinajstić information content (AvgIpc) is 2.38. The van der Waals surface area contributed by atoms with Gasteiger partial charge >= 0.3 is 5.97 Å². The fraction of sp³-hybridized carbons (Fsp3) is 0.467. The number of anilines is 1. The standard InChI is InChI=1S/C15H21NO3/c1-5-10-7-8-12(9-11(10)6-2)16-13(17)15(3,4)14(18)19/h7-9H,5-6H2,1-4H3,(H,16,17)(H,18,19). The molecule has 1 rings (SSSR count). The summed E-state index contributed by atoms with van der Waals surface area (Å²) in [4.78, 5) is 23.0. The molecule has 0 bridgehead atoms. The number of hydrogen-bond acceptors (Lipinski definition) is 2. The highest BCUT2D eigenvalue weighted by Crippen LogP contribution is 2.21. The topological polar surface area (TPSA) is 66.4 Å². The van der Waals surface area contributed by atoms with Crippen molar-refractivity contribution in [3.05, 3.63) is 29.3 Å². The van der Waals surface area contributed by atoms with E-state index in [1.807, 2.05) is 18.2 Å². The van der Waals surface area contributed by atoms with Crippen molar-refractivity contribution in [2.24, 2.45) is 5.41 Å². The lowest BCUT2D eigenvalue weighted by molar-refractivity contribution is -0.151. The van der Waals surface area contributed by atoms with Gasteiger partial charge < -0.3 is 10.4 Å². The van der Waals surface area contributed by atoms with Gasteiger partial charge in [0.05, 0.1) is 0 Å². The second-order valence-corrected chi connectivity index (χ2v) is 5.07. The number of rotatable bonds is 5. The first kappa shape index (κ1) is 15.2. The zero-order valence-corrected chi connectivity index (χ0v) is 11.9. The lowest BCUT2D eigenvalue weighted by Gasteiger charge is -2.19. The van der Waals surface area contributed by atoms with Gasteiger partial charge in [0.2, 0.25) is 5.91 Å². The summed E-state index contributed by atoms with van der Waals surface area (Å²) in [6, 6.07) is 5.70. The van der Waals surface area contributed by atoms with Gasteiger partial charge in [0.25, 0.3) is 0 Å². The fourth-order valence-corrected chi connectivity index (χ4v) is 1.76. The van der Waals surface area contributed by atoms with Crippen LogP contribution in [0.3, 0.4) is 0 Å². The van der Waals surface area contributed by atoms with Crippen LogP contribution in [-0.4, -0.2) is 17.0 Å². The van der Waals surface area contributed by atoms with E-state index in [0.717, 1.165) is 12.8 Å². The van der Waals surface area contributed by atoms with Gasteiger partial charge in [0.15, 0.2) is 0 Å². The van der Waals surface area contributed by atoms with Gasteiger partial charge in [0.1, 0.15) is 5.41 Å². The number of hydrogen-bond donors (Lipinski definition) is 2. The Morgan fingerprint density at radius 1 is 1.16 bits per heavy atom. The number of carboxylic acid groups (broad SMARTS) is 1. The van der Waals surface area contributed by atoms with Crippen molar-refractivity contribution >= 4 is 17.6 Å². The van der Waals surface area contributed by atoms with E-state index in [-0.39, 0.29) is 0 Å². The molecule has 0 fully saturated rings. The number of aliphatic carboxylic acids is 1. The number of carboxylic acids is 1. The Bertz CT molecular complexity index is 492. The van der Waals surface area contributed by atoms with Gasteiger partial charge in [-0.2, -0.15) is 0 Å². The second kappa shape index (κ2) is 5.87. The maximum atomic E-state index is 11.9. The molecule has 4 heteroatoms. The van der Waals surface area contributed by atoms with Crippen molar-refractivity contribution in [3.63, 3.8) is 0 Å². The van der Waals surface area contributed by atoms with Crippen molar-refractivity contribution in [3.8, 4) is 0 Å². The minimum Gasteiger partial charge on any atom is -0.480 e. The first-order chi connectivity index (χ1) is 8.82. The molecule has 104 valence electrons. The third-order valence-corrected chi connectivity index (χ3v) is 3.33. The van der Waals surface area contributed by atoms with Crippen LogP contribution in [-0.2, 0) is 22.4 Å². The Balaban J connectivity index is 2.95. The number of benzene rings is 1. The van der Waals surface area contributed by atoms with Crippen molar-refractivity contribution in [1.82, 2.24) is 0 Å². The highest BCUT2D eigenvalue weighted by Gasteiger charge is 2.36. The Labute approximate surface area is 113 Å². The van der Waals surface area contributed by atoms with Gasteiger partial charge in [-0.05, 0) is 49.9 Å². The minimum absolute atomic E-state index is 0.508. The van der Waals surface area contributed by atoms with Crippen LogP contribution in [0.1, 0.15) is 38.8 Å². The molecule has 4 nitrogen and oxygen atoms in total. The number of nitrogens with one attached hydrogen (secondary N) is 1. The van der Waals surface area contributed by atoms with E-state index in [4.69, 9.17) is 5.11 Å². The SMILES string of the molecule is CCc1ccc(NC(=O)C(C)(C)C(=O)O)cc1CC. The van der Waals surface area contributed by atoms with Crippen LogP contribution in [0, 0.1) is 5.41 Å². The molecule has 0 unspecified atom stereocenters. The van der Waals surface area contributed by atoms with Gasteiger partial charge in [-0.25, -0.2) is 0 Å². The molecule has 0 aliphatic heterocycles. The third-order valence-electron chi connectivity index (χ3n) is 3.33. The Kier molecular flexibility index (Phi) is 4.70. The van der Waals surface area contributed by atoms with Crippen LogP contribution in [0.5, 0.6) is 0 Å². The van der Waals surface area contributed by atoms with Crippen LogP contribution in [0.25, 0.3) is 0 Å². The normalized spacial score (nSPS) is 11.2. The van der Waals surface area contributed by atoms with Crippen LogP contribution < -0.4 is 5.32 Å². The highest BCUT2D eigenvalue weighted by atomic mass is 16.4. The number of carbonyl (C=O) groups is 2. The molecule has 2 N–H and O–H groups in total. The minimum atomic E-state index is -1.43. The first-order valence-corrected chi connectivity index (χ1v) is 6.49. The zero-order chi connectivity index (χ0) is 14.6. The number of amides is 1. The molecule has 0 aliphatic rings. The summed E-state index contributed by atoms with van der Waals surface area (Å²) < 4.78 is 0. The predicted octanol–water partition coefficient (Wildman–Crippen LogP) is 2.86. The molecule has 1 amide bonds. The average molecular weight is 263 g/mol. The van der Waals surface area contributed by atoms with E-state index in [0.29, 0.717) is 5.69 Å². The molecule has 0 saturated carbocycles. The monoisotopic (exact) mass is 263 g/mol. The summed E-state index contributed by atoms with van der Waals surface area (Å²) in [7, 11) is 0. The summed E-state index contributed by atoms with van der Waals surface area (Å²) in [5, 5.41) is 11.7. The summed E-state index contributed by atoms with van der Waals surface area (Å²) in [6.45, 7) is 6.93. The molecule has 0 heterocycles. The molecule has 0 saturated heterocycles. The molecule has 0 radical (unpaired) electrons. The van der Waals surface area contributed by atoms with E-state index in [1.54, 1.807) is 0 Å². The van der Waals surface area contributed by atoms with Crippen LogP contribution in [0.15, 0.2) is 18.2 Å². The van der Waals surface area contributed by atoms with E-state index >= 15 is 0 Å². The molecular weight excluding hydrogens is 242 g/mol. The Hall–Kier alpha value is -1.84. The second-order valence-electron chi connectivity index (χ2n) is 5.07. The third kappa shape index (κ3) is 3.34.